The quantitative estimate of drug-likeness (QED) is 0.541. The van der Waals surface area contributed by atoms with E-state index >= 15 is 0 Å². The molecule has 1 saturated heterocycles. The lowest BCUT2D eigenvalue weighted by molar-refractivity contribution is -0.137. The van der Waals surface area contributed by atoms with E-state index in [1.54, 1.807) is 16.5 Å². The van der Waals surface area contributed by atoms with Crippen molar-refractivity contribution in [1.82, 2.24) is 20.0 Å². The number of rotatable bonds is 7. The van der Waals surface area contributed by atoms with E-state index in [2.05, 4.69) is 11.4 Å². The van der Waals surface area contributed by atoms with Gasteiger partial charge in [-0.05, 0) is 69.1 Å². The highest BCUT2D eigenvalue weighted by Crippen LogP contribution is 2.53. The van der Waals surface area contributed by atoms with Gasteiger partial charge in [0.25, 0.3) is 17.7 Å². The third-order valence-corrected chi connectivity index (χ3v) is 8.75. The number of aromatic nitrogens is 2. The van der Waals surface area contributed by atoms with E-state index in [1.165, 1.54) is 11.0 Å². The molecule has 5 atom stereocenters. The fourth-order valence-electron chi connectivity index (χ4n) is 6.64. The van der Waals surface area contributed by atoms with Crippen molar-refractivity contribution < 1.29 is 27.6 Å². The summed E-state index contributed by atoms with van der Waals surface area (Å²) in [5.41, 5.74) is -0.381. The summed E-state index contributed by atoms with van der Waals surface area (Å²) in [4.78, 5) is 44.5. The van der Waals surface area contributed by atoms with Gasteiger partial charge in [-0.3, -0.25) is 19.3 Å². The van der Waals surface area contributed by atoms with Gasteiger partial charge in [0.05, 0.1) is 11.6 Å². The molecule has 2 saturated carbocycles. The molecule has 12 heteroatoms. The fraction of sp³-hybridized carbons (Fsp3) is 0.552. The molecule has 6 rings (SSSR count). The largest absolute Gasteiger partial charge is 0.416 e. The number of likely N-dealkylation sites (N-methyl/N-ethyl adjacent to an activating group) is 1. The van der Waals surface area contributed by atoms with E-state index in [-0.39, 0.29) is 41.6 Å². The van der Waals surface area contributed by atoms with Gasteiger partial charge in [0.15, 0.2) is 5.69 Å². The van der Waals surface area contributed by atoms with E-state index in [0.29, 0.717) is 36.7 Å². The molecule has 1 aromatic heterocycles. The molecular weight excluding hydrogens is 537 g/mol. The van der Waals surface area contributed by atoms with Crippen LogP contribution in [0.3, 0.4) is 0 Å². The number of fused-ring (bicyclic) bond motifs is 2. The molecule has 2 aromatic rings. The van der Waals surface area contributed by atoms with Crippen LogP contribution >= 0.6 is 0 Å². The first-order valence-electron chi connectivity index (χ1n) is 14.2. The Kier molecular flexibility index (Phi) is 6.58. The first-order valence-corrected chi connectivity index (χ1v) is 14.2. The van der Waals surface area contributed by atoms with Crippen LogP contribution in [0.1, 0.15) is 83.8 Å². The highest BCUT2D eigenvalue weighted by Gasteiger charge is 2.57. The minimum absolute atomic E-state index is 0.00223. The molecule has 9 nitrogen and oxygen atoms in total. The van der Waals surface area contributed by atoms with Crippen molar-refractivity contribution in [3.05, 3.63) is 46.6 Å². The van der Waals surface area contributed by atoms with Gasteiger partial charge in [-0.1, -0.05) is 13.0 Å². The number of piperidine rings is 1. The van der Waals surface area contributed by atoms with Crippen LogP contribution in [-0.4, -0.2) is 57.1 Å². The third kappa shape index (κ3) is 4.55. The minimum atomic E-state index is -4.62. The number of amides is 3. The predicted molar refractivity (Wildman–Crippen MR) is 141 cm³/mol. The predicted octanol–water partition coefficient (Wildman–Crippen LogP) is 4.10. The molecule has 3 heterocycles. The number of alkyl halides is 3. The Balaban J connectivity index is 1.42. The van der Waals surface area contributed by atoms with Crippen LogP contribution in [-0.2, 0) is 17.5 Å². The van der Waals surface area contributed by atoms with Gasteiger partial charge in [0, 0.05) is 36.2 Å². The second-order valence-corrected chi connectivity index (χ2v) is 11.4. The summed E-state index contributed by atoms with van der Waals surface area (Å²) in [7, 11) is 0. The van der Waals surface area contributed by atoms with Crippen LogP contribution in [0.4, 0.5) is 19.0 Å². The standard InChI is InChI=1S/C29H31F3N6O3/c1-3-10-37-26-22(24(35-37)28(41)38-19(14-33)12-17-13-20(17)38)21(15-8-9-15)23(27(40)36(26)4-2)34-25(39)16-6-5-7-18(11-16)29(30,31)32/h5-7,11,15,17,19-21,23H,3-4,8-10,12-13H2,1-2H3,(H,34,39)/t17-,19-,20+,21-,23-/m0/s1. The number of nitriles is 1. The minimum Gasteiger partial charge on any atom is -0.340 e. The number of likely N-dealkylation sites (tertiary alicyclic amines) is 1. The number of hydrogen-bond donors (Lipinski definition) is 1. The number of hydrogen-bond acceptors (Lipinski definition) is 5. The Labute approximate surface area is 235 Å². The average Bonchev–Trinajstić information content (AvgIpc) is 3.87. The fourth-order valence-corrected chi connectivity index (χ4v) is 6.64. The molecule has 216 valence electrons. The molecule has 3 fully saturated rings. The summed E-state index contributed by atoms with van der Waals surface area (Å²) in [6.07, 6.45) is -0.883. The molecule has 2 aliphatic carbocycles. The van der Waals surface area contributed by atoms with Crippen LogP contribution in [0.5, 0.6) is 0 Å². The number of halogens is 3. The van der Waals surface area contributed by atoms with Gasteiger partial charge in [0.2, 0.25) is 0 Å². The zero-order chi connectivity index (χ0) is 29.2. The highest BCUT2D eigenvalue weighted by molar-refractivity contribution is 6.07. The summed E-state index contributed by atoms with van der Waals surface area (Å²) in [5, 5.41) is 17.2. The number of benzene rings is 1. The molecule has 3 amide bonds. The van der Waals surface area contributed by atoms with Gasteiger partial charge < -0.3 is 10.2 Å². The Bertz CT molecular complexity index is 1460. The lowest BCUT2D eigenvalue weighted by Gasteiger charge is -2.38. The monoisotopic (exact) mass is 568 g/mol. The smallest absolute Gasteiger partial charge is 0.340 e. The maximum absolute atomic E-state index is 14.1. The zero-order valence-electron chi connectivity index (χ0n) is 22.8. The zero-order valence-corrected chi connectivity index (χ0v) is 22.8. The van der Waals surface area contributed by atoms with Gasteiger partial charge in [-0.2, -0.15) is 23.5 Å². The summed E-state index contributed by atoms with van der Waals surface area (Å²) < 4.78 is 41.7. The lowest BCUT2D eigenvalue weighted by Crippen LogP contribution is -2.56. The van der Waals surface area contributed by atoms with Gasteiger partial charge in [-0.25, -0.2) is 4.68 Å². The Morgan fingerprint density at radius 1 is 1.17 bits per heavy atom. The van der Waals surface area contributed by atoms with Crippen LogP contribution in [0.2, 0.25) is 0 Å². The molecule has 4 aliphatic rings. The molecule has 0 bridgehead atoms. The maximum Gasteiger partial charge on any atom is 0.416 e. The van der Waals surface area contributed by atoms with Crippen LogP contribution in [0.15, 0.2) is 24.3 Å². The van der Waals surface area contributed by atoms with Crippen LogP contribution in [0, 0.1) is 23.2 Å². The number of aryl methyl sites for hydroxylation is 1. The van der Waals surface area contributed by atoms with Crippen LogP contribution in [0.25, 0.3) is 0 Å². The Morgan fingerprint density at radius 2 is 1.93 bits per heavy atom. The number of carbonyl (C=O) groups is 3. The lowest BCUT2D eigenvalue weighted by atomic mass is 9.82. The first kappa shape index (κ1) is 27.3. The molecule has 0 unspecified atom stereocenters. The number of anilines is 1. The molecule has 2 aliphatic heterocycles. The molecule has 1 aromatic carbocycles. The summed E-state index contributed by atoms with van der Waals surface area (Å²) >= 11 is 0. The second kappa shape index (κ2) is 9.89. The summed E-state index contributed by atoms with van der Waals surface area (Å²) in [6.45, 7) is 4.47. The van der Waals surface area contributed by atoms with Crippen molar-refractivity contribution in [1.29, 1.82) is 5.26 Å². The number of carbonyl (C=O) groups excluding carboxylic acids is 3. The van der Waals surface area contributed by atoms with E-state index in [1.807, 2.05) is 6.92 Å². The molecule has 1 N–H and O–H groups in total. The van der Waals surface area contributed by atoms with Crippen molar-refractivity contribution >= 4 is 23.5 Å². The SMILES string of the molecule is CCCn1nc(C(=O)N2[C@H](C#N)C[C@H]3C[C@H]32)c2c1N(CC)C(=O)[C@@H](NC(=O)c1cccc(C(F)(F)F)c1)[C@H]2C1CC1. The van der Waals surface area contributed by atoms with Gasteiger partial charge in [-0.15, -0.1) is 0 Å². The molecule has 0 spiro atoms. The summed E-state index contributed by atoms with van der Waals surface area (Å²) in [6, 6.07) is 4.73. The van der Waals surface area contributed by atoms with Crippen molar-refractivity contribution in [2.45, 2.75) is 82.7 Å². The highest BCUT2D eigenvalue weighted by atomic mass is 19.4. The van der Waals surface area contributed by atoms with Crippen molar-refractivity contribution in [3.63, 3.8) is 0 Å². The van der Waals surface area contributed by atoms with Crippen molar-refractivity contribution in [2.24, 2.45) is 11.8 Å². The molecular formula is C29H31F3N6O3. The van der Waals surface area contributed by atoms with E-state index in [0.717, 1.165) is 37.5 Å². The normalized spacial score (nSPS) is 26.8. The van der Waals surface area contributed by atoms with E-state index < -0.39 is 35.6 Å². The average molecular weight is 569 g/mol. The Hall–Kier alpha value is -3.88. The Morgan fingerprint density at radius 3 is 2.56 bits per heavy atom. The maximum atomic E-state index is 14.1. The topological polar surface area (TPSA) is 111 Å². The molecule has 0 radical (unpaired) electrons. The number of nitrogens with zero attached hydrogens (tertiary/aromatic N) is 5. The summed E-state index contributed by atoms with van der Waals surface area (Å²) in [5.74, 6) is -1.25. The third-order valence-electron chi connectivity index (χ3n) is 8.75. The van der Waals surface area contributed by atoms with E-state index in [4.69, 9.17) is 5.10 Å². The van der Waals surface area contributed by atoms with Crippen LogP contribution < -0.4 is 10.2 Å². The molecule has 41 heavy (non-hydrogen) atoms. The van der Waals surface area contributed by atoms with Gasteiger partial charge in [0.1, 0.15) is 17.9 Å². The number of nitrogens with one attached hydrogen (secondary N) is 1. The van der Waals surface area contributed by atoms with Crippen molar-refractivity contribution in [3.8, 4) is 6.07 Å². The van der Waals surface area contributed by atoms with Gasteiger partial charge >= 0.3 is 6.18 Å². The second-order valence-electron chi connectivity index (χ2n) is 11.4. The van der Waals surface area contributed by atoms with Crippen molar-refractivity contribution in [2.75, 3.05) is 11.4 Å². The van der Waals surface area contributed by atoms with E-state index in [9.17, 15) is 32.8 Å². The first-order chi connectivity index (χ1) is 19.6.